The molecule has 108 valence electrons. The number of carboxylic acids is 2. The first-order chi connectivity index (χ1) is 9.52. The quantitative estimate of drug-likeness (QED) is 0.630. The second-order valence-corrected chi connectivity index (χ2v) is 4.29. The van der Waals surface area contributed by atoms with Crippen LogP contribution in [0.1, 0.15) is 31.7 Å². The fourth-order valence-corrected chi connectivity index (χ4v) is 1.60. The van der Waals surface area contributed by atoms with Crippen molar-refractivity contribution >= 4 is 18.0 Å². The Hall–Kier alpha value is -2.30. The van der Waals surface area contributed by atoms with E-state index in [0.29, 0.717) is 17.7 Å². The van der Waals surface area contributed by atoms with Gasteiger partial charge in [-0.15, -0.1) is 0 Å². The highest BCUT2D eigenvalue weighted by molar-refractivity contribution is 5.83. The van der Waals surface area contributed by atoms with Crippen LogP contribution >= 0.6 is 0 Å². The molecule has 0 radical (unpaired) electrons. The third-order valence-electron chi connectivity index (χ3n) is 2.65. The fourth-order valence-electron chi connectivity index (χ4n) is 1.60. The number of ether oxygens (including phenoxy) is 1. The maximum absolute atomic E-state index is 10.9. The minimum atomic E-state index is -1.28. The van der Waals surface area contributed by atoms with Crippen molar-refractivity contribution in [3.05, 3.63) is 35.9 Å². The highest BCUT2D eigenvalue weighted by Gasteiger charge is 2.11. The number of unbranched alkanes of at least 4 members (excludes halogenated alkanes) is 1. The molecule has 0 saturated carbocycles. The Balaban J connectivity index is 2.67. The predicted molar refractivity (Wildman–Crippen MR) is 69.4 cm³/mol. The molecule has 0 bridgehead atoms. The lowest BCUT2D eigenvalue weighted by molar-refractivity contribution is -0.314. The average molecular weight is 276 g/mol. The second-order valence-electron chi connectivity index (χ2n) is 4.29. The van der Waals surface area contributed by atoms with E-state index in [1.54, 1.807) is 24.3 Å². The standard InChI is InChI=1S/C15H18O5/c1-2-3-4-13(15(18)19)20-12-8-5-11(6-9-12)7-10-14(16)17/h5-10,13H,2-4H2,1H3,(H,16,17)(H,18,19)/p-2/b10-7+/t13-/m1/s1. The molecule has 0 N–H and O–H groups in total. The Labute approximate surface area is 117 Å². The third kappa shape index (κ3) is 5.56. The van der Waals surface area contributed by atoms with Gasteiger partial charge in [-0.3, -0.25) is 0 Å². The molecule has 0 spiro atoms. The fraction of sp³-hybridized carbons (Fsp3) is 0.333. The molecule has 0 saturated heterocycles. The second kappa shape index (κ2) is 7.99. The zero-order chi connectivity index (χ0) is 15.0. The van der Waals surface area contributed by atoms with Gasteiger partial charge in [-0.05, 0) is 36.6 Å². The van der Waals surface area contributed by atoms with Crippen LogP contribution in [0.2, 0.25) is 0 Å². The van der Waals surface area contributed by atoms with Crippen LogP contribution in [-0.2, 0) is 9.59 Å². The van der Waals surface area contributed by atoms with Crippen LogP contribution in [0.5, 0.6) is 5.75 Å². The van der Waals surface area contributed by atoms with Crippen LogP contribution in [-0.4, -0.2) is 18.0 Å². The Bertz CT molecular complexity index is 476. The Morgan fingerprint density at radius 3 is 2.40 bits per heavy atom. The van der Waals surface area contributed by atoms with Crippen molar-refractivity contribution in [2.75, 3.05) is 0 Å². The summed E-state index contributed by atoms with van der Waals surface area (Å²) < 4.78 is 5.34. The average Bonchev–Trinajstić information content (AvgIpc) is 2.42. The number of carboxylic acid groups (broad SMARTS) is 2. The smallest absolute Gasteiger partial charge is 0.138 e. The van der Waals surface area contributed by atoms with Crippen molar-refractivity contribution in [1.29, 1.82) is 0 Å². The monoisotopic (exact) mass is 276 g/mol. The Morgan fingerprint density at radius 2 is 1.90 bits per heavy atom. The summed E-state index contributed by atoms with van der Waals surface area (Å²) in [5.74, 6) is -2.11. The molecule has 0 fully saturated rings. The van der Waals surface area contributed by atoms with Crippen molar-refractivity contribution in [2.24, 2.45) is 0 Å². The summed E-state index contributed by atoms with van der Waals surface area (Å²) in [5.41, 5.74) is 0.653. The molecule has 0 unspecified atom stereocenters. The summed E-state index contributed by atoms with van der Waals surface area (Å²) in [7, 11) is 0. The molecular weight excluding hydrogens is 260 g/mol. The van der Waals surface area contributed by atoms with Crippen molar-refractivity contribution in [1.82, 2.24) is 0 Å². The van der Waals surface area contributed by atoms with Gasteiger partial charge in [-0.1, -0.05) is 31.6 Å². The largest absolute Gasteiger partial charge is 0.546 e. The van der Waals surface area contributed by atoms with Gasteiger partial charge in [0.25, 0.3) is 0 Å². The molecule has 5 heteroatoms. The molecule has 1 aromatic rings. The van der Waals surface area contributed by atoms with Crippen LogP contribution in [0.4, 0.5) is 0 Å². The molecule has 1 rings (SSSR count). The molecule has 0 aliphatic rings. The highest BCUT2D eigenvalue weighted by Crippen LogP contribution is 2.16. The maximum Gasteiger partial charge on any atom is 0.138 e. The van der Waals surface area contributed by atoms with E-state index in [2.05, 4.69) is 0 Å². The summed E-state index contributed by atoms with van der Waals surface area (Å²) in [4.78, 5) is 21.2. The first-order valence-electron chi connectivity index (χ1n) is 6.39. The van der Waals surface area contributed by atoms with E-state index in [9.17, 15) is 19.8 Å². The van der Waals surface area contributed by atoms with Gasteiger partial charge in [-0.2, -0.15) is 0 Å². The van der Waals surface area contributed by atoms with Crippen LogP contribution in [0.25, 0.3) is 6.08 Å². The first-order valence-corrected chi connectivity index (χ1v) is 6.39. The summed E-state index contributed by atoms with van der Waals surface area (Å²) in [6.07, 6.45) is 3.34. The molecule has 0 aromatic heterocycles. The van der Waals surface area contributed by atoms with Crippen LogP contribution in [0, 0.1) is 0 Å². The van der Waals surface area contributed by atoms with Gasteiger partial charge in [-0.25, -0.2) is 0 Å². The molecule has 0 heterocycles. The molecule has 5 nitrogen and oxygen atoms in total. The number of rotatable bonds is 8. The molecule has 20 heavy (non-hydrogen) atoms. The van der Waals surface area contributed by atoms with Gasteiger partial charge in [0.1, 0.15) is 11.9 Å². The molecule has 0 amide bonds. The number of benzene rings is 1. The van der Waals surface area contributed by atoms with Crippen LogP contribution < -0.4 is 14.9 Å². The number of hydrogen-bond donors (Lipinski definition) is 0. The van der Waals surface area contributed by atoms with Crippen molar-refractivity contribution in [2.45, 2.75) is 32.3 Å². The van der Waals surface area contributed by atoms with E-state index in [0.717, 1.165) is 18.9 Å². The van der Waals surface area contributed by atoms with Crippen LogP contribution in [0.15, 0.2) is 30.3 Å². The Kier molecular flexibility index (Phi) is 6.29. The molecule has 1 aromatic carbocycles. The van der Waals surface area contributed by atoms with Gasteiger partial charge in [0, 0.05) is 0 Å². The van der Waals surface area contributed by atoms with Gasteiger partial charge in [0.15, 0.2) is 0 Å². The van der Waals surface area contributed by atoms with E-state index in [1.807, 2.05) is 6.92 Å². The lowest BCUT2D eigenvalue weighted by Crippen LogP contribution is -2.39. The number of carbonyl (C=O) groups excluding carboxylic acids is 2. The molecular formula is C15H16O5-2. The summed E-state index contributed by atoms with van der Waals surface area (Å²) in [6.45, 7) is 1.96. The lowest BCUT2D eigenvalue weighted by atomic mass is 10.1. The summed E-state index contributed by atoms with van der Waals surface area (Å²) in [6, 6.07) is 6.41. The lowest BCUT2D eigenvalue weighted by Gasteiger charge is -2.19. The van der Waals surface area contributed by atoms with E-state index < -0.39 is 18.0 Å². The molecule has 0 aliphatic heterocycles. The zero-order valence-corrected chi connectivity index (χ0v) is 11.2. The van der Waals surface area contributed by atoms with Crippen molar-refractivity contribution in [3.8, 4) is 5.75 Å². The summed E-state index contributed by atoms with van der Waals surface area (Å²) >= 11 is 0. The predicted octanol–water partition coefficient (Wildman–Crippen LogP) is 0.137. The maximum atomic E-state index is 10.9. The van der Waals surface area contributed by atoms with E-state index in [4.69, 9.17) is 4.74 Å². The number of carbonyl (C=O) groups is 2. The number of hydrogen-bond acceptors (Lipinski definition) is 5. The zero-order valence-electron chi connectivity index (χ0n) is 11.2. The van der Waals surface area contributed by atoms with Gasteiger partial charge in [0.05, 0.1) is 11.9 Å². The molecule has 0 aliphatic carbocycles. The van der Waals surface area contributed by atoms with E-state index in [-0.39, 0.29) is 0 Å². The Morgan fingerprint density at radius 1 is 1.25 bits per heavy atom. The van der Waals surface area contributed by atoms with E-state index in [1.165, 1.54) is 6.08 Å². The summed E-state index contributed by atoms with van der Waals surface area (Å²) in [5, 5.41) is 21.2. The SMILES string of the molecule is CCCC[C@@H](Oc1ccc(/C=C/C(=O)[O-])cc1)C(=O)[O-]. The highest BCUT2D eigenvalue weighted by atomic mass is 16.5. The van der Waals surface area contributed by atoms with E-state index >= 15 is 0 Å². The van der Waals surface area contributed by atoms with Gasteiger partial charge in [0.2, 0.25) is 0 Å². The minimum absolute atomic E-state index is 0.394. The van der Waals surface area contributed by atoms with Gasteiger partial charge < -0.3 is 24.5 Å². The normalized spacial score (nSPS) is 12.2. The van der Waals surface area contributed by atoms with Gasteiger partial charge >= 0.3 is 0 Å². The third-order valence-corrected chi connectivity index (χ3v) is 2.65. The van der Waals surface area contributed by atoms with Crippen molar-refractivity contribution < 1.29 is 24.5 Å². The van der Waals surface area contributed by atoms with Crippen LogP contribution in [0.3, 0.4) is 0 Å². The first kappa shape index (κ1) is 15.8. The van der Waals surface area contributed by atoms with Crippen molar-refractivity contribution in [3.63, 3.8) is 0 Å². The number of aliphatic carboxylic acids is 2. The topological polar surface area (TPSA) is 89.5 Å². The minimum Gasteiger partial charge on any atom is -0.546 e. The molecule has 1 atom stereocenters.